The Morgan fingerprint density at radius 3 is 2.40 bits per heavy atom. The van der Waals surface area contributed by atoms with E-state index in [2.05, 4.69) is 5.32 Å². The molecule has 4 N–H and O–H groups in total. The molecule has 1 atom stereocenters. The Balaban J connectivity index is 2.05. The average Bonchev–Trinajstić information content (AvgIpc) is 2.30. The Morgan fingerprint density at radius 2 is 1.80 bits per heavy atom. The van der Waals surface area contributed by atoms with Gasteiger partial charge in [0.15, 0.2) is 0 Å². The third-order valence-corrected chi connectivity index (χ3v) is 3.17. The molecule has 82 valence electrons. The molecule has 1 aliphatic heterocycles. The Bertz CT molecular complexity index is 304. The second-order valence-electron chi connectivity index (χ2n) is 4.20. The van der Waals surface area contributed by atoms with Crippen molar-refractivity contribution >= 4 is 0 Å². The number of piperidine rings is 1. The van der Waals surface area contributed by atoms with Gasteiger partial charge in [-0.1, -0.05) is 12.1 Å². The number of aromatic hydroxyl groups is 1. The third-order valence-electron chi connectivity index (χ3n) is 3.17. The Morgan fingerprint density at radius 1 is 1.20 bits per heavy atom. The smallest absolute Gasteiger partial charge is 0.115 e. The average molecular weight is 206 g/mol. The molecule has 0 bridgehead atoms. The fourth-order valence-corrected chi connectivity index (χ4v) is 2.17. The van der Waals surface area contributed by atoms with E-state index in [9.17, 15) is 5.11 Å². The molecule has 1 fully saturated rings. The zero-order valence-corrected chi connectivity index (χ0v) is 8.82. The van der Waals surface area contributed by atoms with Crippen LogP contribution in [0.15, 0.2) is 24.3 Å². The fourth-order valence-electron chi connectivity index (χ4n) is 2.17. The summed E-state index contributed by atoms with van der Waals surface area (Å²) in [7, 11) is 0. The second kappa shape index (κ2) is 4.64. The summed E-state index contributed by atoms with van der Waals surface area (Å²) in [5, 5.41) is 12.5. The summed E-state index contributed by atoms with van der Waals surface area (Å²) in [5.74, 6) is 0.868. The molecule has 3 heteroatoms. The fraction of sp³-hybridized carbons (Fsp3) is 0.500. The summed E-state index contributed by atoms with van der Waals surface area (Å²) in [5.41, 5.74) is 7.34. The highest BCUT2D eigenvalue weighted by atomic mass is 16.3. The van der Waals surface area contributed by atoms with E-state index < -0.39 is 0 Å². The van der Waals surface area contributed by atoms with Crippen molar-refractivity contribution in [3.63, 3.8) is 0 Å². The van der Waals surface area contributed by atoms with Crippen LogP contribution in [0.2, 0.25) is 0 Å². The Hall–Kier alpha value is -1.06. The number of hydrogen-bond acceptors (Lipinski definition) is 3. The van der Waals surface area contributed by atoms with E-state index in [-0.39, 0.29) is 6.04 Å². The van der Waals surface area contributed by atoms with Crippen LogP contribution in [0, 0.1) is 5.92 Å². The lowest BCUT2D eigenvalue weighted by Crippen LogP contribution is -2.33. The zero-order chi connectivity index (χ0) is 10.7. The van der Waals surface area contributed by atoms with Gasteiger partial charge in [-0.15, -0.1) is 0 Å². The molecule has 3 nitrogen and oxygen atoms in total. The van der Waals surface area contributed by atoms with Crippen molar-refractivity contribution in [1.82, 2.24) is 5.32 Å². The zero-order valence-electron chi connectivity index (χ0n) is 8.82. The number of hydrogen-bond donors (Lipinski definition) is 3. The molecule has 2 rings (SSSR count). The number of rotatable bonds is 2. The summed E-state index contributed by atoms with van der Waals surface area (Å²) in [6.07, 6.45) is 2.28. The number of nitrogens with two attached hydrogens (primary N) is 1. The molecule has 0 unspecified atom stereocenters. The highest BCUT2D eigenvalue weighted by molar-refractivity contribution is 5.28. The van der Waals surface area contributed by atoms with Crippen LogP contribution in [0.3, 0.4) is 0 Å². The van der Waals surface area contributed by atoms with Gasteiger partial charge in [0.1, 0.15) is 5.75 Å². The van der Waals surface area contributed by atoms with E-state index >= 15 is 0 Å². The van der Waals surface area contributed by atoms with Crippen molar-refractivity contribution in [1.29, 1.82) is 0 Å². The first-order valence-corrected chi connectivity index (χ1v) is 5.52. The Labute approximate surface area is 90.3 Å². The van der Waals surface area contributed by atoms with Crippen molar-refractivity contribution < 1.29 is 5.11 Å². The summed E-state index contributed by atoms with van der Waals surface area (Å²) < 4.78 is 0. The standard InChI is InChI=1S/C12H18N2O/c13-12(10-5-7-14-8-6-10)9-1-3-11(15)4-2-9/h1-4,10,12,14-15H,5-8,13H2/t12-/m0/s1. The van der Waals surface area contributed by atoms with Gasteiger partial charge in [-0.3, -0.25) is 0 Å². The summed E-state index contributed by atoms with van der Waals surface area (Å²) in [6, 6.07) is 7.35. The molecule has 1 aliphatic rings. The number of phenolic OH excluding ortho intramolecular Hbond substituents is 1. The molecular weight excluding hydrogens is 188 g/mol. The van der Waals surface area contributed by atoms with Crippen LogP contribution >= 0.6 is 0 Å². The normalized spacial score (nSPS) is 20.1. The molecule has 1 aromatic carbocycles. The van der Waals surface area contributed by atoms with Gasteiger partial charge in [0.2, 0.25) is 0 Å². The quantitative estimate of drug-likeness (QED) is 0.685. The topological polar surface area (TPSA) is 58.3 Å². The summed E-state index contributed by atoms with van der Waals surface area (Å²) in [4.78, 5) is 0. The van der Waals surface area contributed by atoms with Gasteiger partial charge in [0, 0.05) is 6.04 Å². The lowest BCUT2D eigenvalue weighted by Gasteiger charge is -2.28. The highest BCUT2D eigenvalue weighted by Gasteiger charge is 2.21. The van der Waals surface area contributed by atoms with E-state index in [4.69, 9.17) is 5.73 Å². The van der Waals surface area contributed by atoms with Crippen molar-refractivity contribution in [2.75, 3.05) is 13.1 Å². The first kappa shape index (κ1) is 10.5. The van der Waals surface area contributed by atoms with E-state index in [1.54, 1.807) is 12.1 Å². The van der Waals surface area contributed by atoms with E-state index in [1.807, 2.05) is 12.1 Å². The molecular formula is C12H18N2O. The molecule has 1 saturated heterocycles. The van der Waals surface area contributed by atoms with Gasteiger partial charge >= 0.3 is 0 Å². The minimum absolute atomic E-state index is 0.104. The van der Waals surface area contributed by atoms with Gasteiger partial charge in [-0.2, -0.15) is 0 Å². The van der Waals surface area contributed by atoms with Crippen molar-refractivity contribution in [3.05, 3.63) is 29.8 Å². The van der Waals surface area contributed by atoms with Crippen LogP contribution in [0.4, 0.5) is 0 Å². The summed E-state index contributed by atoms with van der Waals surface area (Å²) in [6.45, 7) is 2.13. The van der Waals surface area contributed by atoms with Gasteiger partial charge in [0.05, 0.1) is 0 Å². The second-order valence-corrected chi connectivity index (χ2v) is 4.20. The number of benzene rings is 1. The largest absolute Gasteiger partial charge is 0.508 e. The molecule has 0 aromatic heterocycles. The first-order valence-electron chi connectivity index (χ1n) is 5.52. The molecule has 15 heavy (non-hydrogen) atoms. The van der Waals surface area contributed by atoms with Crippen LogP contribution < -0.4 is 11.1 Å². The monoisotopic (exact) mass is 206 g/mol. The minimum atomic E-state index is 0.104. The van der Waals surface area contributed by atoms with E-state index in [1.165, 1.54) is 0 Å². The molecule has 0 saturated carbocycles. The SMILES string of the molecule is N[C@@H](c1ccc(O)cc1)C1CCNCC1. The Kier molecular flexibility index (Phi) is 3.23. The number of nitrogens with one attached hydrogen (secondary N) is 1. The first-order chi connectivity index (χ1) is 7.27. The predicted molar refractivity (Wildman–Crippen MR) is 60.6 cm³/mol. The third kappa shape index (κ3) is 2.49. The maximum atomic E-state index is 9.20. The van der Waals surface area contributed by atoms with Crippen molar-refractivity contribution in [3.8, 4) is 5.75 Å². The molecule has 1 aromatic rings. The van der Waals surface area contributed by atoms with Crippen LogP contribution in [0.5, 0.6) is 5.75 Å². The maximum absolute atomic E-state index is 9.20. The van der Waals surface area contributed by atoms with Crippen molar-refractivity contribution in [2.45, 2.75) is 18.9 Å². The predicted octanol–water partition coefficient (Wildman–Crippen LogP) is 1.39. The minimum Gasteiger partial charge on any atom is -0.508 e. The van der Waals surface area contributed by atoms with Crippen LogP contribution in [-0.4, -0.2) is 18.2 Å². The van der Waals surface area contributed by atoms with Crippen LogP contribution in [0.25, 0.3) is 0 Å². The highest BCUT2D eigenvalue weighted by Crippen LogP contribution is 2.27. The van der Waals surface area contributed by atoms with E-state index in [0.717, 1.165) is 31.5 Å². The van der Waals surface area contributed by atoms with Crippen molar-refractivity contribution in [2.24, 2.45) is 11.7 Å². The molecule has 1 heterocycles. The lowest BCUT2D eigenvalue weighted by atomic mass is 9.87. The lowest BCUT2D eigenvalue weighted by molar-refractivity contribution is 0.322. The van der Waals surface area contributed by atoms with Crippen LogP contribution in [0.1, 0.15) is 24.4 Å². The van der Waals surface area contributed by atoms with Gasteiger partial charge < -0.3 is 16.2 Å². The molecule has 0 aliphatic carbocycles. The maximum Gasteiger partial charge on any atom is 0.115 e. The van der Waals surface area contributed by atoms with E-state index in [0.29, 0.717) is 11.7 Å². The van der Waals surface area contributed by atoms with Gasteiger partial charge in [-0.05, 0) is 49.5 Å². The molecule has 0 spiro atoms. The number of phenols is 1. The molecule has 0 radical (unpaired) electrons. The van der Waals surface area contributed by atoms with Gasteiger partial charge in [-0.25, -0.2) is 0 Å². The van der Waals surface area contributed by atoms with Crippen LogP contribution in [-0.2, 0) is 0 Å². The van der Waals surface area contributed by atoms with Gasteiger partial charge in [0.25, 0.3) is 0 Å². The molecule has 0 amide bonds. The summed E-state index contributed by atoms with van der Waals surface area (Å²) >= 11 is 0.